The molecule has 0 aromatic rings. The third kappa shape index (κ3) is 9.26. The second-order valence-electron chi connectivity index (χ2n) is 3.04. The molecule has 0 bridgehead atoms. The fourth-order valence-electron chi connectivity index (χ4n) is 0.888. The zero-order valence-corrected chi connectivity index (χ0v) is 8.96. The van der Waals surface area contributed by atoms with Crippen LogP contribution in [0.2, 0.25) is 0 Å². The maximum Gasteiger partial charge on any atom is 0.305 e. The Bertz CT molecular complexity index is 155. The van der Waals surface area contributed by atoms with Crippen molar-refractivity contribution in [2.75, 3.05) is 19.8 Å². The van der Waals surface area contributed by atoms with E-state index in [9.17, 15) is 4.79 Å². The summed E-state index contributed by atoms with van der Waals surface area (Å²) < 4.78 is 10.1. The van der Waals surface area contributed by atoms with E-state index in [1.807, 2.05) is 0 Å². The van der Waals surface area contributed by atoms with E-state index in [1.54, 1.807) is 6.08 Å². The number of carbonyl (C=O) groups is 1. The van der Waals surface area contributed by atoms with Crippen molar-refractivity contribution in [2.45, 2.75) is 32.6 Å². The van der Waals surface area contributed by atoms with Gasteiger partial charge in [0.2, 0.25) is 0 Å². The van der Waals surface area contributed by atoms with Gasteiger partial charge in [-0.25, -0.2) is 0 Å². The Morgan fingerprint density at radius 3 is 2.79 bits per heavy atom. The van der Waals surface area contributed by atoms with Crippen LogP contribution in [0.4, 0.5) is 0 Å². The van der Waals surface area contributed by atoms with Gasteiger partial charge in [0.05, 0.1) is 13.2 Å². The van der Waals surface area contributed by atoms with Crippen LogP contribution in [0.1, 0.15) is 32.6 Å². The molecule has 0 saturated heterocycles. The molecule has 0 spiro atoms. The molecule has 0 heterocycles. The highest BCUT2D eigenvalue weighted by Crippen LogP contribution is 1.96. The molecule has 0 aromatic carbocycles. The molecule has 0 aromatic heterocycles. The highest BCUT2D eigenvalue weighted by atomic mass is 16.5. The van der Waals surface area contributed by atoms with Crippen LogP contribution in [0.25, 0.3) is 0 Å². The number of ether oxygens (including phenoxy) is 2. The molecule has 0 radical (unpaired) electrons. The lowest BCUT2D eigenvalue weighted by molar-refractivity contribution is -0.144. The van der Waals surface area contributed by atoms with Crippen LogP contribution < -0.4 is 0 Å². The van der Waals surface area contributed by atoms with E-state index in [0.29, 0.717) is 26.2 Å². The van der Waals surface area contributed by atoms with Crippen molar-refractivity contribution in [3.63, 3.8) is 0 Å². The predicted octanol–water partition coefficient (Wildman–Crippen LogP) is 2.31. The Morgan fingerprint density at radius 2 is 2.14 bits per heavy atom. The maximum atomic E-state index is 11.1. The Labute approximate surface area is 86.1 Å². The average molecular weight is 200 g/mol. The first kappa shape index (κ1) is 13.2. The van der Waals surface area contributed by atoms with Crippen LogP contribution in [-0.2, 0) is 14.3 Å². The van der Waals surface area contributed by atoms with Crippen LogP contribution in [0.3, 0.4) is 0 Å². The monoisotopic (exact) mass is 200 g/mol. The molecule has 0 rings (SSSR count). The Hall–Kier alpha value is -0.830. The standard InChI is InChI=1S/C11H20O3/c1-3-5-10-14-11(12)7-6-9-13-8-4-2/h4H,2-3,5-10H2,1H3. The number of carbonyl (C=O) groups excluding carboxylic acids is 1. The van der Waals surface area contributed by atoms with Gasteiger partial charge in [0.1, 0.15) is 0 Å². The average Bonchev–Trinajstić information content (AvgIpc) is 2.18. The molecule has 0 unspecified atom stereocenters. The first-order chi connectivity index (χ1) is 6.81. The number of rotatable bonds is 9. The first-order valence-electron chi connectivity index (χ1n) is 5.15. The summed E-state index contributed by atoms with van der Waals surface area (Å²) in [5.74, 6) is -0.124. The van der Waals surface area contributed by atoms with Crippen molar-refractivity contribution in [3.8, 4) is 0 Å². The summed E-state index contributed by atoms with van der Waals surface area (Å²) in [4.78, 5) is 11.1. The van der Waals surface area contributed by atoms with Gasteiger partial charge in [0, 0.05) is 13.0 Å². The lowest BCUT2D eigenvalue weighted by atomic mass is 10.3. The lowest BCUT2D eigenvalue weighted by Gasteiger charge is -2.03. The van der Waals surface area contributed by atoms with E-state index in [0.717, 1.165) is 19.3 Å². The largest absolute Gasteiger partial charge is 0.466 e. The van der Waals surface area contributed by atoms with Gasteiger partial charge >= 0.3 is 5.97 Å². The normalized spacial score (nSPS) is 9.79. The number of unbranched alkanes of at least 4 members (excludes halogenated alkanes) is 1. The smallest absolute Gasteiger partial charge is 0.305 e. The second-order valence-corrected chi connectivity index (χ2v) is 3.04. The first-order valence-corrected chi connectivity index (χ1v) is 5.15. The minimum Gasteiger partial charge on any atom is -0.466 e. The molecule has 0 fully saturated rings. The summed E-state index contributed by atoms with van der Waals surface area (Å²) >= 11 is 0. The van der Waals surface area contributed by atoms with Crippen LogP contribution in [0.15, 0.2) is 12.7 Å². The minimum absolute atomic E-state index is 0.124. The van der Waals surface area contributed by atoms with Crippen LogP contribution in [-0.4, -0.2) is 25.8 Å². The fourth-order valence-corrected chi connectivity index (χ4v) is 0.888. The van der Waals surface area contributed by atoms with Crippen molar-refractivity contribution >= 4 is 5.97 Å². The van der Waals surface area contributed by atoms with Gasteiger partial charge in [-0.2, -0.15) is 0 Å². The Morgan fingerprint density at radius 1 is 1.36 bits per heavy atom. The van der Waals surface area contributed by atoms with Gasteiger partial charge in [-0.1, -0.05) is 19.4 Å². The lowest BCUT2D eigenvalue weighted by Crippen LogP contribution is -2.07. The zero-order chi connectivity index (χ0) is 10.6. The molecule has 82 valence electrons. The molecular weight excluding hydrogens is 180 g/mol. The molecule has 0 saturated carbocycles. The molecule has 0 aliphatic heterocycles. The summed E-state index contributed by atoms with van der Waals surface area (Å²) in [6, 6.07) is 0. The SMILES string of the molecule is C=CCOCCCC(=O)OCCCC. The van der Waals surface area contributed by atoms with E-state index in [4.69, 9.17) is 9.47 Å². The summed E-state index contributed by atoms with van der Waals surface area (Å²) in [6.07, 6.45) is 4.85. The van der Waals surface area contributed by atoms with Gasteiger partial charge in [0.15, 0.2) is 0 Å². The van der Waals surface area contributed by atoms with Crippen LogP contribution >= 0.6 is 0 Å². The van der Waals surface area contributed by atoms with E-state index >= 15 is 0 Å². The number of hydrogen-bond acceptors (Lipinski definition) is 3. The molecule has 14 heavy (non-hydrogen) atoms. The molecule has 0 aliphatic carbocycles. The van der Waals surface area contributed by atoms with Gasteiger partial charge in [-0.3, -0.25) is 4.79 Å². The van der Waals surface area contributed by atoms with Crippen molar-refractivity contribution in [3.05, 3.63) is 12.7 Å². The summed E-state index contributed by atoms with van der Waals surface area (Å²) in [7, 11) is 0. The fraction of sp³-hybridized carbons (Fsp3) is 0.727. The van der Waals surface area contributed by atoms with E-state index < -0.39 is 0 Å². The highest BCUT2D eigenvalue weighted by Gasteiger charge is 2.01. The van der Waals surface area contributed by atoms with Crippen molar-refractivity contribution in [2.24, 2.45) is 0 Å². The highest BCUT2D eigenvalue weighted by molar-refractivity contribution is 5.69. The second kappa shape index (κ2) is 10.3. The van der Waals surface area contributed by atoms with Gasteiger partial charge in [-0.15, -0.1) is 6.58 Å². The van der Waals surface area contributed by atoms with E-state index in [-0.39, 0.29) is 5.97 Å². The van der Waals surface area contributed by atoms with Crippen LogP contribution in [0, 0.1) is 0 Å². The van der Waals surface area contributed by atoms with Crippen molar-refractivity contribution < 1.29 is 14.3 Å². The molecule has 0 amide bonds. The van der Waals surface area contributed by atoms with E-state index in [1.165, 1.54) is 0 Å². The zero-order valence-electron chi connectivity index (χ0n) is 8.96. The van der Waals surface area contributed by atoms with Gasteiger partial charge < -0.3 is 9.47 Å². The Kier molecular flexibility index (Phi) is 9.64. The topological polar surface area (TPSA) is 35.5 Å². The number of hydrogen-bond donors (Lipinski definition) is 0. The Balaban J connectivity index is 3.14. The predicted molar refractivity (Wildman–Crippen MR) is 56.1 cm³/mol. The summed E-state index contributed by atoms with van der Waals surface area (Å²) in [5, 5.41) is 0. The third-order valence-electron chi connectivity index (χ3n) is 1.67. The van der Waals surface area contributed by atoms with Gasteiger partial charge in [0.25, 0.3) is 0 Å². The molecular formula is C11H20O3. The molecule has 0 N–H and O–H groups in total. The number of esters is 1. The summed E-state index contributed by atoms with van der Waals surface area (Å²) in [5.41, 5.74) is 0. The van der Waals surface area contributed by atoms with Crippen molar-refractivity contribution in [1.82, 2.24) is 0 Å². The summed E-state index contributed by atoms with van der Waals surface area (Å²) in [6.45, 7) is 7.28. The molecule has 0 aliphatic rings. The molecule has 3 heteroatoms. The van der Waals surface area contributed by atoms with Gasteiger partial charge in [-0.05, 0) is 12.8 Å². The third-order valence-corrected chi connectivity index (χ3v) is 1.67. The maximum absolute atomic E-state index is 11.1. The quantitative estimate of drug-likeness (QED) is 0.325. The van der Waals surface area contributed by atoms with E-state index in [2.05, 4.69) is 13.5 Å². The molecule has 3 nitrogen and oxygen atoms in total. The molecule has 0 atom stereocenters. The minimum atomic E-state index is -0.124. The van der Waals surface area contributed by atoms with Crippen LogP contribution in [0.5, 0.6) is 0 Å². The van der Waals surface area contributed by atoms with Crippen molar-refractivity contribution in [1.29, 1.82) is 0 Å².